The number of rotatable bonds is 1. The first-order valence-corrected chi connectivity index (χ1v) is 6.44. The Labute approximate surface area is 117 Å². The van der Waals surface area contributed by atoms with Gasteiger partial charge in [-0.1, -0.05) is 27.5 Å². The Hall–Kier alpha value is -1.52. The van der Waals surface area contributed by atoms with E-state index in [1.807, 2.05) is 18.2 Å². The van der Waals surface area contributed by atoms with Gasteiger partial charge in [-0.2, -0.15) is 0 Å². The van der Waals surface area contributed by atoms with Gasteiger partial charge in [0, 0.05) is 21.1 Å². The summed E-state index contributed by atoms with van der Waals surface area (Å²) in [4.78, 5) is 7.62. The Morgan fingerprint density at radius 2 is 2.00 bits per heavy atom. The van der Waals surface area contributed by atoms with Crippen molar-refractivity contribution >= 4 is 38.6 Å². The predicted molar refractivity (Wildman–Crippen MR) is 75.9 cm³/mol. The molecule has 0 aliphatic rings. The number of phenols is 1. The highest BCUT2D eigenvalue weighted by molar-refractivity contribution is 9.10. The zero-order valence-electron chi connectivity index (χ0n) is 9.11. The van der Waals surface area contributed by atoms with Crippen LogP contribution in [-0.4, -0.2) is 15.1 Å². The number of aromatic amines is 1. The van der Waals surface area contributed by atoms with Gasteiger partial charge in [-0.3, -0.25) is 0 Å². The van der Waals surface area contributed by atoms with Crippen LogP contribution in [0.4, 0.5) is 0 Å². The topological polar surface area (TPSA) is 48.9 Å². The number of hydrogen-bond donors (Lipinski definition) is 2. The van der Waals surface area contributed by atoms with E-state index in [-0.39, 0.29) is 5.75 Å². The normalized spacial score (nSPS) is 11.0. The maximum Gasteiger partial charge on any atom is 0.138 e. The quantitative estimate of drug-likeness (QED) is 0.699. The number of phenolic OH excluding ortho intramolecular Hbond substituents is 1. The summed E-state index contributed by atoms with van der Waals surface area (Å²) in [5.74, 6) is 0.934. The molecule has 1 heterocycles. The Balaban J connectivity index is 2.19. The van der Waals surface area contributed by atoms with Crippen LogP contribution in [-0.2, 0) is 0 Å². The first-order chi connectivity index (χ1) is 8.61. The minimum absolute atomic E-state index is 0.213. The summed E-state index contributed by atoms with van der Waals surface area (Å²) in [5, 5.41) is 10.1. The molecule has 3 aromatic rings. The lowest BCUT2D eigenvalue weighted by Gasteiger charge is -1.99. The molecule has 5 heteroatoms. The van der Waals surface area contributed by atoms with Crippen molar-refractivity contribution in [2.75, 3.05) is 0 Å². The Morgan fingerprint density at radius 1 is 1.17 bits per heavy atom. The first kappa shape index (κ1) is 11.6. The molecule has 0 saturated heterocycles. The maximum absolute atomic E-state index is 9.42. The molecule has 2 aromatic carbocycles. The summed E-state index contributed by atoms with van der Waals surface area (Å²) in [5.41, 5.74) is 2.49. The molecule has 0 unspecified atom stereocenters. The summed E-state index contributed by atoms with van der Waals surface area (Å²) >= 11 is 9.41. The molecule has 90 valence electrons. The second-order valence-corrected chi connectivity index (χ2v) is 5.30. The van der Waals surface area contributed by atoms with Gasteiger partial charge in [-0.15, -0.1) is 0 Å². The van der Waals surface area contributed by atoms with Crippen molar-refractivity contribution in [3.05, 3.63) is 45.9 Å². The second-order valence-electron chi connectivity index (χ2n) is 3.94. The average Bonchev–Trinajstić information content (AvgIpc) is 2.70. The summed E-state index contributed by atoms with van der Waals surface area (Å²) in [6.07, 6.45) is 0. The van der Waals surface area contributed by atoms with Gasteiger partial charge in [0.1, 0.15) is 11.6 Å². The number of aromatic hydroxyl groups is 1. The van der Waals surface area contributed by atoms with E-state index in [2.05, 4.69) is 25.9 Å². The Bertz CT molecular complexity index is 719. The standard InChI is InChI=1S/C13H8BrClN2O/c14-8-3-7(4-9(15)5-8)13-16-11-2-1-10(18)6-12(11)17-13/h1-6,18H,(H,16,17). The maximum atomic E-state index is 9.42. The highest BCUT2D eigenvalue weighted by Gasteiger charge is 2.07. The van der Waals surface area contributed by atoms with Gasteiger partial charge in [0.2, 0.25) is 0 Å². The van der Waals surface area contributed by atoms with Crippen LogP contribution in [0.25, 0.3) is 22.4 Å². The number of nitrogens with zero attached hydrogens (tertiary/aromatic N) is 1. The molecule has 0 radical (unpaired) electrons. The fourth-order valence-electron chi connectivity index (χ4n) is 1.82. The summed E-state index contributed by atoms with van der Waals surface area (Å²) < 4.78 is 0.897. The fourth-order valence-corrected chi connectivity index (χ4v) is 2.69. The number of H-pyrrole nitrogens is 1. The van der Waals surface area contributed by atoms with E-state index in [1.165, 1.54) is 0 Å². The van der Waals surface area contributed by atoms with E-state index >= 15 is 0 Å². The highest BCUT2D eigenvalue weighted by atomic mass is 79.9. The highest BCUT2D eigenvalue weighted by Crippen LogP contribution is 2.28. The van der Waals surface area contributed by atoms with Crippen LogP contribution < -0.4 is 0 Å². The van der Waals surface area contributed by atoms with Gasteiger partial charge in [0.25, 0.3) is 0 Å². The molecule has 18 heavy (non-hydrogen) atoms. The van der Waals surface area contributed by atoms with Crippen LogP contribution in [0.2, 0.25) is 5.02 Å². The number of aromatic nitrogens is 2. The van der Waals surface area contributed by atoms with E-state index < -0.39 is 0 Å². The molecule has 0 aliphatic carbocycles. The third kappa shape index (κ3) is 2.09. The number of fused-ring (bicyclic) bond motifs is 1. The molecule has 0 amide bonds. The second kappa shape index (κ2) is 4.30. The molecule has 1 aromatic heterocycles. The minimum atomic E-state index is 0.213. The van der Waals surface area contributed by atoms with Crippen LogP contribution in [0.3, 0.4) is 0 Å². The fraction of sp³-hybridized carbons (Fsp3) is 0. The summed E-state index contributed by atoms with van der Waals surface area (Å²) in [6, 6.07) is 10.6. The van der Waals surface area contributed by atoms with Gasteiger partial charge in [0.15, 0.2) is 0 Å². The largest absolute Gasteiger partial charge is 0.508 e. The summed E-state index contributed by atoms with van der Waals surface area (Å²) in [7, 11) is 0. The van der Waals surface area contributed by atoms with Crippen LogP contribution in [0.15, 0.2) is 40.9 Å². The molecule has 0 aliphatic heterocycles. The van der Waals surface area contributed by atoms with Gasteiger partial charge >= 0.3 is 0 Å². The van der Waals surface area contributed by atoms with Crippen LogP contribution >= 0.6 is 27.5 Å². The molecule has 0 fully saturated rings. The zero-order chi connectivity index (χ0) is 12.7. The van der Waals surface area contributed by atoms with Crippen molar-refractivity contribution in [3.63, 3.8) is 0 Å². The van der Waals surface area contributed by atoms with E-state index in [0.29, 0.717) is 5.02 Å². The zero-order valence-corrected chi connectivity index (χ0v) is 11.5. The lowest BCUT2D eigenvalue weighted by Crippen LogP contribution is -1.80. The predicted octanol–water partition coefficient (Wildman–Crippen LogP) is 4.35. The van der Waals surface area contributed by atoms with Crippen molar-refractivity contribution in [1.29, 1.82) is 0 Å². The number of nitrogens with one attached hydrogen (secondary N) is 1. The SMILES string of the molecule is Oc1ccc2nc(-c3cc(Cl)cc(Br)c3)[nH]c2c1. The monoisotopic (exact) mass is 322 g/mol. The molecule has 0 saturated carbocycles. The lowest BCUT2D eigenvalue weighted by molar-refractivity contribution is 0.476. The van der Waals surface area contributed by atoms with E-state index in [0.717, 1.165) is 26.9 Å². The average molecular weight is 324 g/mol. The number of benzene rings is 2. The van der Waals surface area contributed by atoms with Crippen LogP contribution in [0.5, 0.6) is 5.75 Å². The van der Waals surface area contributed by atoms with Gasteiger partial charge < -0.3 is 10.1 Å². The van der Waals surface area contributed by atoms with Gasteiger partial charge in [-0.25, -0.2) is 4.98 Å². The third-order valence-electron chi connectivity index (χ3n) is 2.60. The smallest absolute Gasteiger partial charge is 0.138 e. The molecule has 2 N–H and O–H groups in total. The van der Waals surface area contributed by atoms with E-state index in [9.17, 15) is 5.11 Å². The molecule has 0 bridgehead atoms. The van der Waals surface area contributed by atoms with Gasteiger partial charge in [-0.05, 0) is 30.3 Å². The van der Waals surface area contributed by atoms with Crippen molar-refractivity contribution < 1.29 is 5.11 Å². The third-order valence-corrected chi connectivity index (χ3v) is 3.28. The molecule has 3 nitrogen and oxygen atoms in total. The van der Waals surface area contributed by atoms with Crippen molar-refractivity contribution in [2.45, 2.75) is 0 Å². The summed E-state index contributed by atoms with van der Waals surface area (Å²) in [6.45, 7) is 0. The molecular weight excluding hydrogens is 316 g/mol. The minimum Gasteiger partial charge on any atom is -0.508 e. The molecule has 0 spiro atoms. The number of imidazole rings is 1. The van der Waals surface area contributed by atoms with Crippen molar-refractivity contribution in [3.8, 4) is 17.1 Å². The number of halogens is 2. The number of hydrogen-bond acceptors (Lipinski definition) is 2. The van der Waals surface area contributed by atoms with Crippen LogP contribution in [0, 0.1) is 0 Å². The van der Waals surface area contributed by atoms with Crippen molar-refractivity contribution in [1.82, 2.24) is 9.97 Å². The van der Waals surface area contributed by atoms with Crippen molar-refractivity contribution in [2.24, 2.45) is 0 Å². The molecule has 3 rings (SSSR count). The molecular formula is C13H8BrClN2O. The Morgan fingerprint density at radius 3 is 2.78 bits per heavy atom. The van der Waals surface area contributed by atoms with Crippen LogP contribution in [0.1, 0.15) is 0 Å². The molecule has 0 atom stereocenters. The Kier molecular flexibility index (Phi) is 2.76. The lowest BCUT2D eigenvalue weighted by atomic mass is 10.2. The van der Waals surface area contributed by atoms with Gasteiger partial charge in [0.05, 0.1) is 11.0 Å². The van der Waals surface area contributed by atoms with E-state index in [1.54, 1.807) is 18.2 Å². The first-order valence-electron chi connectivity index (χ1n) is 5.27. The van der Waals surface area contributed by atoms with E-state index in [4.69, 9.17) is 11.6 Å².